The van der Waals surface area contributed by atoms with Gasteiger partial charge in [-0.3, -0.25) is 9.63 Å². The third-order valence-electron chi connectivity index (χ3n) is 2.73. The van der Waals surface area contributed by atoms with Gasteiger partial charge in [0.2, 0.25) is 6.41 Å². The Kier molecular flexibility index (Phi) is 13.9. The molecule has 0 bridgehead atoms. The third kappa shape index (κ3) is 13.4. The number of carbonyl (C=O) groups excluding carboxylic acids is 1. The van der Waals surface area contributed by atoms with Crippen molar-refractivity contribution in [1.82, 2.24) is 5.48 Å². The van der Waals surface area contributed by atoms with E-state index in [4.69, 9.17) is 4.84 Å². The summed E-state index contributed by atoms with van der Waals surface area (Å²) in [6.45, 7) is 2.89. The summed E-state index contributed by atoms with van der Waals surface area (Å²) in [5.74, 6) is 0. The molecule has 0 saturated heterocycles. The van der Waals surface area contributed by atoms with E-state index in [-0.39, 0.29) is 0 Å². The van der Waals surface area contributed by atoms with Crippen molar-refractivity contribution in [2.45, 2.75) is 71.1 Å². The molecule has 1 N–H and O–H groups in total. The molecular formula is C13H27NO2. The number of hydrogen-bond donors (Lipinski definition) is 1. The Morgan fingerprint density at radius 2 is 1.38 bits per heavy atom. The van der Waals surface area contributed by atoms with Crippen molar-refractivity contribution in [2.24, 2.45) is 0 Å². The van der Waals surface area contributed by atoms with Gasteiger partial charge in [0, 0.05) is 0 Å². The zero-order valence-electron chi connectivity index (χ0n) is 10.7. The van der Waals surface area contributed by atoms with Crippen molar-refractivity contribution in [3.05, 3.63) is 0 Å². The second kappa shape index (κ2) is 14.4. The van der Waals surface area contributed by atoms with Crippen LogP contribution in [-0.4, -0.2) is 13.0 Å². The Morgan fingerprint density at radius 3 is 1.88 bits per heavy atom. The average Bonchev–Trinajstić information content (AvgIpc) is 2.31. The first-order valence-corrected chi connectivity index (χ1v) is 6.72. The predicted molar refractivity (Wildman–Crippen MR) is 67.0 cm³/mol. The van der Waals surface area contributed by atoms with Gasteiger partial charge >= 0.3 is 0 Å². The Hall–Kier alpha value is -0.570. The van der Waals surface area contributed by atoms with Crippen molar-refractivity contribution < 1.29 is 9.63 Å². The average molecular weight is 229 g/mol. The number of amides is 1. The monoisotopic (exact) mass is 229 g/mol. The van der Waals surface area contributed by atoms with Crippen LogP contribution in [0, 0.1) is 0 Å². The zero-order chi connectivity index (χ0) is 11.9. The first-order valence-electron chi connectivity index (χ1n) is 6.72. The summed E-state index contributed by atoms with van der Waals surface area (Å²) in [5.41, 5.74) is 2.20. The molecule has 0 unspecified atom stereocenters. The molecule has 3 heteroatoms. The molecule has 0 saturated carbocycles. The van der Waals surface area contributed by atoms with Gasteiger partial charge < -0.3 is 0 Å². The Balaban J connectivity index is 2.85. The molecule has 0 aliphatic rings. The highest BCUT2D eigenvalue weighted by molar-refractivity contribution is 5.43. The highest BCUT2D eigenvalue weighted by atomic mass is 16.6. The highest BCUT2D eigenvalue weighted by Crippen LogP contribution is 2.10. The van der Waals surface area contributed by atoms with E-state index in [1.165, 1.54) is 57.8 Å². The molecule has 0 aromatic carbocycles. The van der Waals surface area contributed by atoms with Crippen LogP contribution in [0.25, 0.3) is 0 Å². The number of carbonyl (C=O) groups is 1. The molecular weight excluding hydrogens is 202 g/mol. The number of rotatable bonds is 13. The quantitative estimate of drug-likeness (QED) is 0.298. The molecule has 0 aromatic heterocycles. The van der Waals surface area contributed by atoms with E-state index >= 15 is 0 Å². The van der Waals surface area contributed by atoms with E-state index in [9.17, 15) is 4.79 Å². The first-order chi connectivity index (χ1) is 7.91. The van der Waals surface area contributed by atoms with Gasteiger partial charge in [0.25, 0.3) is 0 Å². The smallest absolute Gasteiger partial charge is 0.230 e. The molecule has 0 atom stereocenters. The van der Waals surface area contributed by atoms with Crippen LogP contribution in [0.4, 0.5) is 0 Å². The van der Waals surface area contributed by atoms with Gasteiger partial charge in [0.15, 0.2) is 0 Å². The minimum atomic E-state index is 0.566. The minimum absolute atomic E-state index is 0.566. The summed E-state index contributed by atoms with van der Waals surface area (Å²) >= 11 is 0. The van der Waals surface area contributed by atoms with E-state index in [1.54, 1.807) is 0 Å². The summed E-state index contributed by atoms with van der Waals surface area (Å²) < 4.78 is 0. The molecule has 1 amide bonds. The Morgan fingerprint density at radius 1 is 0.875 bits per heavy atom. The summed E-state index contributed by atoms with van der Waals surface area (Å²) in [7, 11) is 0. The first kappa shape index (κ1) is 15.4. The molecule has 16 heavy (non-hydrogen) atoms. The van der Waals surface area contributed by atoms with Gasteiger partial charge in [-0.2, -0.15) is 0 Å². The van der Waals surface area contributed by atoms with Crippen LogP contribution in [0.2, 0.25) is 0 Å². The van der Waals surface area contributed by atoms with Gasteiger partial charge in [-0.1, -0.05) is 64.7 Å². The lowest BCUT2D eigenvalue weighted by Crippen LogP contribution is -2.12. The maximum atomic E-state index is 9.85. The van der Waals surface area contributed by atoms with Gasteiger partial charge in [-0.05, 0) is 6.42 Å². The molecule has 0 heterocycles. The second-order valence-electron chi connectivity index (χ2n) is 4.27. The van der Waals surface area contributed by atoms with Crippen LogP contribution in [0.5, 0.6) is 0 Å². The van der Waals surface area contributed by atoms with Crippen LogP contribution >= 0.6 is 0 Å². The van der Waals surface area contributed by atoms with Crippen molar-refractivity contribution in [1.29, 1.82) is 0 Å². The van der Waals surface area contributed by atoms with Crippen molar-refractivity contribution >= 4 is 6.41 Å². The Labute approximate surface area is 99.9 Å². The van der Waals surface area contributed by atoms with Gasteiger partial charge in [0.05, 0.1) is 6.61 Å². The molecule has 96 valence electrons. The third-order valence-corrected chi connectivity index (χ3v) is 2.73. The lowest BCUT2D eigenvalue weighted by atomic mass is 10.1. The molecule has 0 aliphatic carbocycles. The maximum absolute atomic E-state index is 9.85. The predicted octanol–water partition coefficient (Wildman–Crippen LogP) is 3.58. The largest absolute Gasteiger partial charge is 0.277 e. The molecule has 3 nitrogen and oxygen atoms in total. The molecule has 0 spiro atoms. The zero-order valence-corrected chi connectivity index (χ0v) is 10.7. The van der Waals surface area contributed by atoms with E-state index in [0.29, 0.717) is 13.0 Å². The van der Waals surface area contributed by atoms with Crippen LogP contribution in [0.15, 0.2) is 0 Å². The molecule has 0 aliphatic heterocycles. The topological polar surface area (TPSA) is 38.3 Å². The standard InChI is InChI=1S/C13H27NO2/c1-2-3-4-5-6-7-8-9-10-11-12-16-14-13-15/h13H,2-12H2,1H3,(H,14,15). The van der Waals surface area contributed by atoms with Crippen LogP contribution < -0.4 is 5.48 Å². The second-order valence-corrected chi connectivity index (χ2v) is 4.27. The van der Waals surface area contributed by atoms with Crippen LogP contribution in [-0.2, 0) is 9.63 Å². The summed E-state index contributed by atoms with van der Waals surface area (Å²) in [4.78, 5) is 14.7. The fourth-order valence-electron chi connectivity index (χ4n) is 1.75. The van der Waals surface area contributed by atoms with Gasteiger partial charge in [0.1, 0.15) is 0 Å². The number of hydroxylamine groups is 1. The van der Waals surface area contributed by atoms with Crippen molar-refractivity contribution in [3.8, 4) is 0 Å². The Bertz CT molecular complexity index is 140. The fraction of sp³-hybridized carbons (Fsp3) is 0.923. The SMILES string of the molecule is CCCCCCCCCCCCONC=O. The van der Waals surface area contributed by atoms with Crippen LogP contribution in [0.1, 0.15) is 71.1 Å². The van der Waals surface area contributed by atoms with Gasteiger partial charge in [-0.15, -0.1) is 0 Å². The van der Waals surface area contributed by atoms with Crippen molar-refractivity contribution in [3.63, 3.8) is 0 Å². The minimum Gasteiger partial charge on any atom is -0.277 e. The van der Waals surface area contributed by atoms with Gasteiger partial charge in [-0.25, -0.2) is 5.48 Å². The number of nitrogens with one attached hydrogen (secondary N) is 1. The molecule has 0 aromatic rings. The maximum Gasteiger partial charge on any atom is 0.230 e. The number of unbranched alkanes of at least 4 members (excludes halogenated alkanes) is 9. The highest BCUT2D eigenvalue weighted by Gasteiger charge is 1.92. The molecule has 0 fully saturated rings. The lowest BCUT2D eigenvalue weighted by molar-refractivity contribution is -0.120. The lowest BCUT2D eigenvalue weighted by Gasteiger charge is -2.02. The summed E-state index contributed by atoms with van der Waals surface area (Å²) in [6.07, 6.45) is 13.7. The fourth-order valence-corrected chi connectivity index (χ4v) is 1.75. The normalized spacial score (nSPS) is 10.3. The van der Waals surface area contributed by atoms with E-state index in [0.717, 1.165) is 6.42 Å². The van der Waals surface area contributed by atoms with E-state index < -0.39 is 0 Å². The van der Waals surface area contributed by atoms with E-state index in [1.807, 2.05) is 0 Å². The molecule has 0 radical (unpaired) electrons. The summed E-state index contributed by atoms with van der Waals surface area (Å²) in [6, 6.07) is 0. The van der Waals surface area contributed by atoms with Crippen LogP contribution in [0.3, 0.4) is 0 Å². The van der Waals surface area contributed by atoms with E-state index in [2.05, 4.69) is 12.4 Å². The number of hydrogen-bond acceptors (Lipinski definition) is 2. The molecule has 0 rings (SSSR count). The van der Waals surface area contributed by atoms with Crippen molar-refractivity contribution in [2.75, 3.05) is 6.61 Å². The summed E-state index contributed by atoms with van der Waals surface area (Å²) in [5, 5.41) is 0.